The molecule has 1 saturated carbocycles. The van der Waals surface area contributed by atoms with E-state index in [1.807, 2.05) is 60.4 Å². The molecule has 5 rings (SSSR count). The Labute approximate surface area is 165 Å². The van der Waals surface area contributed by atoms with Crippen LogP contribution in [0.4, 0.5) is 5.69 Å². The summed E-state index contributed by atoms with van der Waals surface area (Å²) >= 11 is 1.52. The summed E-state index contributed by atoms with van der Waals surface area (Å²) in [6, 6.07) is 11.1. The number of amides is 1. The lowest BCUT2D eigenvalue weighted by Crippen LogP contribution is -2.13. The molecule has 3 aromatic heterocycles. The van der Waals surface area contributed by atoms with Gasteiger partial charge in [-0.3, -0.25) is 4.79 Å². The lowest BCUT2D eigenvalue weighted by Gasteiger charge is -2.09. The van der Waals surface area contributed by atoms with E-state index in [1.165, 1.54) is 11.3 Å². The second kappa shape index (κ2) is 6.72. The van der Waals surface area contributed by atoms with Crippen LogP contribution >= 0.6 is 11.3 Å². The van der Waals surface area contributed by atoms with Crippen molar-refractivity contribution in [1.29, 1.82) is 0 Å². The molecule has 1 N–H and O–H groups in total. The number of aromatic nitrogens is 5. The third-order valence-corrected chi connectivity index (χ3v) is 5.69. The van der Waals surface area contributed by atoms with E-state index in [2.05, 4.69) is 15.4 Å². The Morgan fingerprint density at radius 3 is 2.75 bits per heavy atom. The zero-order valence-electron chi connectivity index (χ0n) is 15.2. The number of hydrogen-bond donors (Lipinski definition) is 1. The van der Waals surface area contributed by atoms with Gasteiger partial charge in [-0.15, -0.1) is 0 Å². The third-order valence-electron chi connectivity index (χ3n) is 4.73. The van der Waals surface area contributed by atoms with Crippen molar-refractivity contribution in [3.05, 3.63) is 71.9 Å². The van der Waals surface area contributed by atoms with Crippen LogP contribution in [0.3, 0.4) is 0 Å². The van der Waals surface area contributed by atoms with Crippen LogP contribution in [0, 0.1) is 6.92 Å². The predicted octanol–water partition coefficient (Wildman–Crippen LogP) is 3.95. The van der Waals surface area contributed by atoms with E-state index in [1.54, 1.807) is 10.9 Å². The number of rotatable bonds is 5. The molecule has 1 amide bonds. The highest BCUT2D eigenvalue weighted by atomic mass is 32.1. The molecule has 140 valence electrons. The zero-order valence-corrected chi connectivity index (χ0v) is 16.1. The molecular formula is C20H18N6OS. The van der Waals surface area contributed by atoms with Crippen molar-refractivity contribution < 1.29 is 4.79 Å². The normalized spacial score (nSPS) is 13.6. The SMILES string of the molecule is Cc1nn(-c2cnc(-n3cccn3)s2)c(C2CC2)c1NC(=O)c1ccccc1. The molecule has 8 heteroatoms. The molecule has 0 saturated heterocycles. The minimum atomic E-state index is -0.119. The average molecular weight is 390 g/mol. The summed E-state index contributed by atoms with van der Waals surface area (Å²) in [7, 11) is 0. The number of hydrogen-bond acceptors (Lipinski definition) is 5. The molecule has 1 aliphatic carbocycles. The quantitative estimate of drug-likeness (QED) is 0.560. The zero-order chi connectivity index (χ0) is 19.1. The van der Waals surface area contributed by atoms with Crippen LogP contribution in [0.25, 0.3) is 10.1 Å². The standard InChI is InChI=1S/C20H18N6OS/c1-13-17(23-19(27)15-6-3-2-4-7-15)18(14-8-9-14)26(24-13)16-12-21-20(28-16)25-11-5-10-22-25/h2-7,10-12,14H,8-9H2,1H3,(H,23,27). The molecular weight excluding hydrogens is 372 g/mol. The Kier molecular flexibility index (Phi) is 4.05. The van der Waals surface area contributed by atoms with Crippen molar-refractivity contribution in [2.45, 2.75) is 25.7 Å². The topological polar surface area (TPSA) is 77.6 Å². The largest absolute Gasteiger partial charge is 0.319 e. The van der Waals surface area contributed by atoms with Crippen molar-refractivity contribution in [2.24, 2.45) is 0 Å². The number of benzene rings is 1. The maximum Gasteiger partial charge on any atom is 0.255 e. The van der Waals surface area contributed by atoms with Gasteiger partial charge in [-0.25, -0.2) is 14.3 Å². The molecule has 3 heterocycles. The minimum absolute atomic E-state index is 0.119. The fourth-order valence-electron chi connectivity index (χ4n) is 3.22. The maximum atomic E-state index is 12.7. The van der Waals surface area contributed by atoms with Gasteiger partial charge < -0.3 is 5.32 Å². The number of aryl methyl sites for hydroxylation is 1. The molecule has 0 aliphatic heterocycles. The lowest BCUT2D eigenvalue weighted by molar-refractivity contribution is 0.102. The van der Waals surface area contributed by atoms with Crippen molar-refractivity contribution in [3.63, 3.8) is 0 Å². The molecule has 1 aliphatic rings. The summed E-state index contributed by atoms with van der Waals surface area (Å²) < 4.78 is 3.66. The molecule has 0 unspecified atom stereocenters. The summed E-state index contributed by atoms with van der Waals surface area (Å²) in [4.78, 5) is 17.2. The van der Waals surface area contributed by atoms with Gasteiger partial charge in [0.2, 0.25) is 5.13 Å². The second-order valence-electron chi connectivity index (χ2n) is 6.78. The van der Waals surface area contributed by atoms with Gasteiger partial charge in [-0.1, -0.05) is 29.5 Å². The van der Waals surface area contributed by atoms with Crippen LogP contribution in [0.2, 0.25) is 0 Å². The van der Waals surface area contributed by atoms with Crippen LogP contribution in [-0.4, -0.2) is 30.5 Å². The van der Waals surface area contributed by atoms with Gasteiger partial charge >= 0.3 is 0 Å². The molecule has 1 fully saturated rings. The summed E-state index contributed by atoms with van der Waals surface area (Å²) in [5.41, 5.74) is 3.30. The molecule has 0 radical (unpaired) electrons. The first-order chi connectivity index (χ1) is 13.7. The van der Waals surface area contributed by atoms with Crippen molar-refractivity contribution in [1.82, 2.24) is 24.5 Å². The van der Waals surface area contributed by atoms with Crippen molar-refractivity contribution >= 4 is 22.9 Å². The van der Waals surface area contributed by atoms with Gasteiger partial charge in [0.25, 0.3) is 5.91 Å². The fourth-order valence-corrected chi connectivity index (χ4v) is 4.04. The third kappa shape index (κ3) is 3.01. The van der Waals surface area contributed by atoms with Crippen LogP contribution in [0.1, 0.15) is 40.5 Å². The molecule has 0 bridgehead atoms. The summed E-state index contributed by atoms with van der Waals surface area (Å²) in [6.45, 7) is 1.93. The molecule has 7 nitrogen and oxygen atoms in total. The van der Waals surface area contributed by atoms with Crippen LogP contribution in [0.5, 0.6) is 0 Å². The lowest BCUT2D eigenvalue weighted by atomic mass is 10.2. The number of anilines is 1. The monoisotopic (exact) mass is 390 g/mol. The molecule has 4 aromatic rings. The average Bonchev–Trinajstić information content (AvgIpc) is 3.12. The molecule has 1 aromatic carbocycles. The van der Waals surface area contributed by atoms with Crippen LogP contribution in [-0.2, 0) is 0 Å². The van der Waals surface area contributed by atoms with Crippen molar-refractivity contribution in [2.75, 3.05) is 5.32 Å². The maximum absolute atomic E-state index is 12.7. The van der Waals surface area contributed by atoms with Gasteiger partial charge in [0.15, 0.2) is 0 Å². The van der Waals surface area contributed by atoms with E-state index in [-0.39, 0.29) is 5.91 Å². The van der Waals surface area contributed by atoms with E-state index < -0.39 is 0 Å². The Morgan fingerprint density at radius 2 is 2.04 bits per heavy atom. The van der Waals surface area contributed by atoms with E-state index in [0.29, 0.717) is 11.5 Å². The molecule has 0 atom stereocenters. The van der Waals surface area contributed by atoms with Gasteiger partial charge in [-0.2, -0.15) is 10.2 Å². The summed E-state index contributed by atoms with van der Waals surface area (Å²) in [5, 5.41) is 13.7. The summed E-state index contributed by atoms with van der Waals surface area (Å²) in [5.74, 6) is 0.286. The van der Waals surface area contributed by atoms with E-state index >= 15 is 0 Å². The van der Waals surface area contributed by atoms with Crippen LogP contribution < -0.4 is 5.32 Å². The minimum Gasteiger partial charge on any atom is -0.319 e. The Bertz CT molecular complexity index is 1130. The highest BCUT2D eigenvalue weighted by Crippen LogP contribution is 2.46. The van der Waals surface area contributed by atoms with E-state index in [9.17, 15) is 4.79 Å². The number of carbonyl (C=O) groups excluding carboxylic acids is 1. The van der Waals surface area contributed by atoms with Gasteiger partial charge in [0.05, 0.1) is 23.3 Å². The van der Waals surface area contributed by atoms with Gasteiger partial charge in [0.1, 0.15) is 5.00 Å². The number of nitrogens with one attached hydrogen (secondary N) is 1. The highest BCUT2D eigenvalue weighted by molar-refractivity contribution is 7.16. The number of carbonyl (C=O) groups is 1. The second-order valence-corrected chi connectivity index (χ2v) is 7.77. The predicted molar refractivity (Wildman–Crippen MR) is 107 cm³/mol. The molecule has 28 heavy (non-hydrogen) atoms. The number of nitrogens with zero attached hydrogens (tertiary/aromatic N) is 5. The van der Waals surface area contributed by atoms with Gasteiger partial charge in [0, 0.05) is 23.9 Å². The van der Waals surface area contributed by atoms with E-state index in [4.69, 9.17) is 5.10 Å². The first-order valence-electron chi connectivity index (χ1n) is 9.13. The first kappa shape index (κ1) is 16.9. The van der Waals surface area contributed by atoms with Crippen molar-refractivity contribution in [3.8, 4) is 10.1 Å². The Balaban J connectivity index is 1.52. The molecule has 0 spiro atoms. The fraction of sp³-hybridized carbons (Fsp3) is 0.200. The van der Waals surface area contributed by atoms with E-state index in [0.717, 1.165) is 40.0 Å². The number of thiazole rings is 1. The first-order valence-corrected chi connectivity index (χ1v) is 9.94. The highest BCUT2D eigenvalue weighted by Gasteiger charge is 2.33. The van der Waals surface area contributed by atoms with Crippen LogP contribution in [0.15, 0.2) is 55.0 Å². The smallest absolute Gasteiger partial charge is 0.255 e. The Morgan fingerprint density at radius 1 is 1.21 bits per heavy atom. The summed E-state index contributed by atoms with van der Waals surface area (Å²) in [6.07, 6.45) is 7.60. The Hall–Kier alpha value is -3.26. The van der Waals surface area contributed by atoms with Gasteiger partial charge in [-0.05, 0) is 38.0 Å².